The zero-order valence-corrected chi connectivity index (χ0v) is 20.9. The van der Waals surface area contributed by atoms with Crippen LogP contribution in [-0.2, 0) is 20.8 Å². The number of aromatic nitrogens is 3. The van der Waals surface area contributed by atoms with Crippen LogP contribution < -0.4 is 10.6 Å². The first-order valence-electron chi connectivity index (χ1n) is 10.8. The number of aliphatic hydroxyl groups is 1. The Morgan fingerprint density at radius 2 is 2.11 bits per heavy atom. The number of benzene rings is 1. The molecule has 1 saturated heterocycles. The first-order chi connectivity index (χ1) is 16.7. The Labute approximate surface area is 211 Å². The molecule has 35 heavy (non-hydrogen) atoms. The molecule has 13 heteroatoms. The van der Waals surface area contributed by atoms with E-state index in [1.54, 1.807) is 0 Å². The summed E-state index contributed by atoms with van der Waals surface area (Å²) >= 11 is 2.54. The Morgan fingerprint density at radius 3 is 2.77 bits per heavy atom. The molecule has 4 N–H and O–H groups in total. The number of carbonyl (C=O) groups is 3. The number of carbonyl (C=O) groups excluding carboxylic acids is 3. The number of thioether (sulfide) groups is 2. The van der Waals surface area contributed by atoms with Crippen LogP contribution in [0.3, 0.4) is 0 Å². The van der Waals surface area contributed by atoms with Crippen LogP contribution in [0.25, 0.3) is 0 Å². The second kappa shape index (κ2) is 12.1. The molecule has 0 radical (unpaired) electrons. The van der Waals surface area contributed by atoms with Crippen molar-refractivity contribution in [2.45, 2.75) is 48.4 Å². The highest BCUT2D eigenvalue weighted by molar-refractivity contribution is 8.01. The standard InChI is InChI=1S/C22H27N7O4S2/c1-22(2)18(19(32)24-9-8-23)29(13-35-22)20(33)17(31)15(10-14-6-4-3-5-7-14)27-16(30)11-34-21-25-12-26-28-21/h3-7,12,15,17-18,31H,9-11,13H2,1-2H3,(H,24,32)(H,27,30)(H,25,26,28). The van der Waals surface area contributed by atoms with Crippen LogP contribution in [-0.4, -0.2) is 84.0 Å². The molecule has 1 aromatic carbocycles. The average Bonchev–Trinajstić information content (AvgIpc) is 3.47. The van der Waals surface area contributed by atoms with Gasteiger partial charge in [0.1, 0.15) is 18.9 Å². The molecule has 0 spiro atoms. The maximum atomic E-state index is 13.4. The molecule has 3 rings (SSSR count). The number of nitrogens with zero attached hydrogens (tertiary/aromatic N) is 4. The first kappa shape index (κ1) is 26.5. The fourth-order valence-corrected chi connectivity index (χ4v) is 5.46. The summed E-state index contributed by atoms with van der Waals surface area (Å²) in [5.74, 6) is -1.31. The van der Waals surface area contributed by atoms with E-state index in [2.05, 4.69) is 25.8 Å². The number of nitrogens with one attached hydrogen (secondary N) is 3. The number of H-pyrrole nitrogens is 1. The fraction of sp³-hybridized carbons (Fsp3) is 0.455. The summed E-state index contributed by atoms with van der Waals surface area (Å²) in [5, 5.41) is 32.0. The van der Waals surface area contributed by atoms with Crippen molar-refractivity contribution in [1.29, 1.82) is 5.26 Å². The van der Waals surface area contributed by atoms with E-state index >= 15 is 0 Å². The maximum absolute atomic E-state index is 13.4. The van der Waals surface area contributed by atoms with Gasteiger partial charge in [-0.05, 0) is 25.8 Å². The third-order valence-corrected chi connectivity index (χ3v) is 7.68. The molecule has 0 aliphatic carbocycles. The van der Waals surface area contributed by atoms with E-state index < -0.39 is 40.7 Å². The van der Waals surface area contributed by atoms with Crippen molar-refractivity contribution in [2.75, 3.05) is 18.2 Å². The predicted octanol–water partition coefficient (Wildman–Crippen LogP) is 0.305. The minimum Gasteiger partial charge on any atom is -0.381 e. The van der Waals surface area contributed by atoms with Crippen LogP contribution in [0.4, 0.5) is 0 Å². The van der Waals surface area contributed by atoms with Crippen LogP contribution in [0.2, 0.25) is 0 Å². The third kappa shape index (κ3) is 6.97. The first-order valence-corrected chi connectivity index (χ1v) is 12.8. The van der Waals surface area contributed by atoms with Crippen molar-refractivity contribution >= 4 is 41.2 Å². The van der Waals surface area contributed by atoms with E-state index in [1.165, 1.54) is 23.0 Å². The normalized spacial score (nSPS) is 18.3. The lowest BCUT2D eigenvalue weighted by Gasteiger charge is -2.33. The lowest BCUT2D eigenvalue weighted by molar-refractivity contribution is -0.147. The molecule has 1 aliphatic heterocycles. The molecular weight excluding hydrogens is 490 g/mol. The highest BCUT2D eigenvalue weighted by Crippen LogP contribution is 2.39. The highest BCUT2D eigenvalue weighted by Gasteiger charge is 2.49. The Hall–Kier alpha value is -3.08. The van der Waals surface area contributed by atoms with Gasteiger partial charge in [-0.15, -0.1) is 11.8 Å². The number of aliphatic hydroxyl groups excluding tert-OH is 1. The molecular formula is C22H27N7O4S2. The number of hydrogen-bond acceptors (Lipinski definition) is 9. The molecule has 3 unspecified atom stereocenters. The largest absolute Gasteiger partial charge is 0.381 e. The number of nitriles is 1. The van der Waals surface area contributed by atoms with Crippen LogP contribution >= 0.6 is 23.5 Å². The zero-order chi connectivity index (χ0) is 25.4. The average molecular weight is 518 g/mol. The molecule has 1 fully saturated rings. The van der Waals surface area contributed by atoms with Crippen molar-refractivity contribution in [3.05, 3.63) is 42.2 Å². The van der Waals surface area contributed by atoms with E-state index in [-0.39, 0.29) is 24.6 Å². The minimum atomic E-state index is -1.59. The number of hydrogen-bond donors (Lipinski definition) is 4. The van der Waals surface area contributed by atoms with Gasteiger partial charge < -0.3 is 20.6 Å². The Kier molecular flexibility index (Phi) is 9.13. The maximum Gasteiger partial charge on any atom is 0.254 e. The summed E-state index contributed by atoms with van der Waals surface area (Å²) in [6, 6.07) is 9.24. The summed E-state index contributed by atoms with van der Waals surface area (Å²) < 4.78 is -0.624. The highest BCUT2D eigenvalue weighted by atomic mass is 32.2. The van der Waals surface area contributed by atoms with Gasteiger partial charge in [-0.1, -0.05) is 42.1 Å². The molecule has 0 saturated carbocycles. The predicted molar refractivity (Wildman–Crippen MR) is 131 cm³/mol. The number of amides is 3. The molecule has 3 atom stereocenters. The molecule has 2 aromatic rings. The number of aromatic amines is 1. The minimum absolute atomic E-state index is 0.00712. The van der Waals surface area contributed by atoms with Gasteiger partial charge in [-0.25, -0.2) is 4.98 Å². The van der Waals surface area contributed by atoms with Gasteiger partial charge in [0.15, 0.2) is 11.3 Å². The summed E-state index contributed by atoms with van der Waals surface area (Å²) in [7, 11) is 0. The summed E-state index contributed by atoms with van der Waals surface area (Å²) in [6.45, 7) is 3.48. The summed E-state index contributed by atoms with van der Waals surface area (Å²) in [4.78, 5) is 44.1. The molecule has 1 aliphatic rings. The lowest BCUT2D eigenvalue weighted by Crippen LogP contribution is -2.58. The van der Waals surface area contributed by atoms with E-state index in [0.29, 0.717) is 5.16 Å². The van der Waals surface area contributed by atoms with Gasteiger partial charge in [0.05, 0.1) is 23.7 Å². The van der Waals surface area contributed by atoms with Crippen molar-refractivity contribution in [2.24, 2.45) is 0 Å². The van der Waals surface area contributed by atoms with Crippen LogP contribution in [0, 0.1) is 11.3 Å². The Bertz CT molecular complexity index is 1060. The molecule has 11 nitrogen and oxygen atoms in total. The lowest BCUT2D eigenvalue weighted by atomic mass is 9.97. The topological polar surface area (TPSA) is 164 Å². The van der Waals surface area contributed by atoms with Gasteiger partial charge in [-0.3, -0.25) is 19.5 Å². The molecule has 3 amide bonds. The summed E-state index contributed by atoms with van der Waals surface area (Å²) in [6.07, 6.45) is -0.0444. The van der Waals surface area contributed by atoms with Gasteiger partial charge in [-0.2, -0.15) is 10.4 Å². The fourth-order valence-electron chi connectivity index (χ4n) is 3.73. The SMILES string of the molecule is CC1(C)SCN(C(=O)C(O)C(Cc2ccccc2)NC(=O)CSc2ncn[nH]2)C1C(=O)NCC#N. The third-order valence-electron chi connectivity index (χ3n) is 5.43. The van der Waals surface area contributed by atoms with E-state index in [0.717, 1.165) is 17.3 Å². The van der Waals surface area contributed by atoms with Crippen molar-refractivity contribution in [3.8, 4) is 6.07 Å². The number of rotatable bonds is 10. The second-order valence-corrected chi connectivity index (χ2v) is 10.9. The van der Waals surface area contributed by atoms with Crippen molar-refractivity contribution < 1.29 is 19.5 Å². The molecule has 186 valence electrons. The van der Waals surface area contributed by atoms with Crippen molar-refractivity contribution in [3.63, 3.8) is 0 Å². The summed E-state index contributed by atoms with van der Waals surface area (Å²) in [5.41, 5.74) is 0.826. The van der Waals surface area contributed by atoms with E-state index in [4.69, 9.17) is 5.26 Å². The monoisotopic (exact) mass is 517 g/mol. The Morgan fingerprint density at radius 1 is 1.37 bits per heavy atom. The van der Waals surface area contributed by atoms with Gasteiger partial charge in [0, 0.05) is 4.75 Å². The molecule has 0 bridgehead atoms. The smallest absolute Gasteiger partial charge is 0.254 e. The Balaban J connectivity index is 1.76. The zero-order valence-electron chi connectivity index (χ0n) is 19.3. The van der Waals surface area contributed by atoms with Crippen molar-refractivity contribution in [1.82, 2.24) is 30.7 Å². The quantitative estimate of drug-likeness (QED) is 0.256. The van der Waals surface area contributed by atoms with Gasteiger partial charge >= 0.3 is 0 Å². The second-order valence-electron chi connectivity index (χ2n) is 8.35. The molecule has 2 heterocycles. The van der Waals surface area contributed by atoms with Crippen LogP contribution in [0.1, 0.15) is 19.4 Å². The van der Waals surface area contributed by atoms with Gasteiger partial charge in [0.2, 0.25) is 11.8 Å². The van der Waals surface area contributed by atoms with Crippen LogP contribution in [0.5, 0.6) is 0 Å². The van der Waals surface area contributed by atoms with E-state index in [9.17, 15) is 19.5 Å². The van der Waals surface area contributed by atoms with Crippen LogP contribution in [0.15, 0.2) is 41.8 Å². The molecule has 1 aromatic heterocycles. The van der Waals surface area contributed by atoms with E-state index in [1.807, 2.05) is 50.2 Å². The van der Waals surface area contributed by atoms with Gasteiger partial charge in [0.25, 0.3) is 5.91 Å².